The van der Waals surface area contributed by atoms with Gasteiger partial charge in [0.2, 0.25) is 15.9 Å². The van der Waals surface area contributed by atoms with Crippen LogP contribution in [0.2, 0.25) is 5.02 Å². The second kappa shape index (κ2) is 9.29. The molecule has 0 spiro atoms. The van der Waals surface area contributed by atoms with Crippen LogP contribution in [0.25, 0.3) is 0 Å². The topological polar surface area (TPSA) is 115 Å². The average molecular weight is 490 g/mol. The van der Waals surface area contributed by atoms with Gasteiger partial charge in [0.15, 0.2) is 0 Å². The summed E-state index contributed by atoms with van der Waals surface area (Å²) in [5, 5.41) is 8.33. The third kappa shape index (κ3) is 5.54. The quantitative estimate of drug-likeness (QED) is 0.554. The van der Waals surface area contributed by atoms with Crippen LogP contribution in [0, 0.1) is 5.92 Å². The minimum absolute atomic E-state index is 0.00316. The molecule has 2 aromatic rings. The second-order valence-corrected chi connectivity index (χ2v) is 9.84. The Morgan fingerprint density at radius 3 is 2.31 bits per heavy atom. The zero-order valence-electron chi connectivity index (χ0n) is 17.0. The Balaban J connectivity index is 1.72. The molecule has 1 fully saturated rings. The van der Waals surface area contributed by atoms with E-state index in [9.17, 15) is 26.4 Å². The van der Waals surface area contributed by atoms with Gasteiger partial charge in [-0.05, 0) is 67.3 Å². The van der Waals surface area contributed by atoms with Gasteiger partial charge >= 0.3 is 6.18 Å². The molecule has 11 heteroatoms. The molecule has 1 aliphatic carbocycles. The van der Waals surface area contributed by atoms with Crippen LogP contribution in [0.1, 0.15) is 53.1 Å². The first-order valence-electron chi connectivity index (χ1n) is 9.94. The van der Waals surface area contributed by atoms with Gasteiger partial charge in [-0.15, -0.1) is 0 Å². The first-order chi connectivity index (χ1) is 14.9. The van der Waals surface area contributed by atoms with E-state index in [1.165, 1.54) is 6.07 Å². The molecule has 3 rings (SSSR count). The van der Waals surface area contributed by atoms with Gasteiger partial charge in [0.25, 0.3) is 0 Å². The molecule has 0 aromatic heterocycles. The Bertz CT molecular complexity index is 1120. The summed E-state index contributed by atoms with van der Waals surface area (Å²) in [4.78, 5) is 11.6. The summed E-state index contributed by atoms with van der Waals surface area (Å²) in [6.07, 6.45) is -2.10. The molecule has 0 radical (unpaired) electrons. The SMILES string of the molecule is NC(=O)c1cc(C(F)(F)F)cc(C2CCC(CNc3ccccc3S(N)(=O)=O)CC2)c1Cl. The van der Waals surface area contributed by atoms with Gasteiger partial charge in [0, 0.05) is 6.54 Å². The highest BCUT2D eigenvalue weighted by molar-refractivity contribution is 7.89. The number of anilines is 1. The van der Waals surface area contributed by atoms with Gasteiger partial charge in [0.1, 0.15) is 4.90 Å². The van der Waals surface area contributed by atoms with Crippen molar-refractivity contribution in [3.8, 4) is 0 Å². The third-order valence-corrected chi connectivity index (χ3v) is 7.15. The maximum Gasteiger partial charge on any atom is 0.416 e. The van der Waals surface area contributed by atoms with E-state index in [1.807, 2.05) is 0 Å². The number of hydrogen-bond donors (Lipinski definition) is 3. The monoisotopic (exact) mass is 489 g/mol. The number of nitrogens with two attached hydrogens (primary N) is 2. The average Bonchev–Trinajstić information content (AvgIpc) is 2.71. The Morgan fingerprint density at radius 1 is 1.12 bits per heavy atom. The molecule has 0 unspecified atom stereocenters. The zero-order chi connectivity index (χ0) is 23.7. The highest BCUT2D eigenvalue weighted by atomic mass is 35.5. The number of hydrogen-bond acceptors (Lipinski definition) is 4. The van der Waals surface area contributed by atoms with Crippen LogP contribution in [0.5, 0.6) is 0 Å². The number of primary amides is 1. The van der Waals surface area contributed by atoms with E-state index < -0.39 is 27.7 Å². The van der Waals surface area contributed by atoms with Crippen molar-refractivity contribution in [3.63, 3.8) is 0 Å². The lowest BCUT2D eigenvalue weighted by molar-refractivity contribution is -0.137. The van der Waals surface area contributed by atoms with Crippen LogP contribution in [-0.2, 0) is 16.2 Å². The first kappa shape index (κ1) is 24.3. The normalized spacial score (nSPS) is 19.5. The molecule has 0 atom stereocenters. The molecule has 0 aliphatic heterocycles. The Labute approximate surface area is 189 Å². The Kier molecular flexibility index (Phi) is 7.06. The largest absolute Gasteiger partial charge is 0.416 e. The number of rotatable bonds is 6. The van der Waals surface area contributed by atoms with Crippen LogP contribution in [0.15, 0.2) is 41.3 Å². The van der Waals surface area contributed by atoms with Gasteiger partial charge in [-0.1, -0.05) is 23.7 Å². The summed E-state index contributed by atoms with van der Waals surface area (Å²) in [6, 6.07) is 8.00. The highest BCUT2D eigenvalue weighted by Gasteiger charge is 2.34. The van der Waals surface area contributed by atoms with Gasteiger partial charge in [0.05, 0.1) is 21.8 Å². The number of halogens is 4. The number of primary sulfonamides is 1. The second-order valence-electron chi connectivity index (χ2n) is 7.93. The molecule has 5 N–H and O–H groups in total. The van der Waals surface area contributed by atoms with Crippen LogP contribution in [-0.4, -0.2) is 20.9 Å². The number of nitrogens with one attached hydrogen (secondary N) is 1. The molecule has 1 saturated carbocycles. The Morgan fingerprint density at radius 2 is 1.75 bits per heavy atom. The first-order valence-corrected chi connectivity index (χ1v) is 11.9. The molecule has 0 bridgehead atoms. The van der Waals surface area contributed by atoms with Gasteiger partial charge in [-0.3, -0.25) is 4.79 Å². The van der Waals surface area contributed by atoms with Crippen molar-refractivity contribution in [1.82, 2.24) is 0 Å². The smallest absolute Gasteiger partial charge is 0.384 e. The zero-order valence-corrected chi connectivity index (χ0v) is 18.5. The van der Waals surface area contributed by atoms with Gasteiger partial charge in [-0.2, -0.15) is 13.2 Å². The van der Waals surface area contributed by atoms with Crippen molar-refractivity contribution >= 4 is 33.2 Å². The number of carbonyl (C=O) groups excluding carboxylic acids is 1. The number of benzene rings is 2. The molecular weight excluding hydrogens is 467 g/mol. The highest BCUT2D eigenvalue weighted by Crippen LogP contribution is 2.42. The van der Waals surface area contributed by atoms with E-state index in [4.69, 9.17) is 22.5 Å². The van der Waals surface area contributed by atoms with Crippen LogP contribution in [0.4, 0.5) is 18.9 Å². The van der Waals surface area contributed by atoms with Crippen LogP contribution in [0.3, 0.4) is 0 Å². The maximum absolute atomic E-state index is 13.3. The molecule has 2 aromatic carbocycles. The van der Waals surface area contributed by atoms with E-state index in [2.05, 4.69) is 5.32 Å². The van der Waals surface area contributed by atoms with E-state index in [0.29, 0.717) is 44.0 Å². The predicted molar refractivity (Wildman–Crippen MR) is 116 cm³/mol. The predicted octanol–water partition coefficient (Wildman–Crippen LogP) is 4.49. The van der Waals surface area contributed by atoms with Crippen molar-refractivity contribution in [1.29, 1.82) is 0 Å². The van der Waals surface area contributed by atoms with Gasteiger partial charge in [-0.25, -0.2) is 13.6 Å². The molecule has 32 heavy (non-hydrogen) atoms. The lowest BCUT2D eigenvalue weighted by Crippen LogP contribution is -2.23. The van der Waals surface area contributed by atoms with Crippen molar-refractivity contribution in [3.05, 3.63) is 58.1 Å². The minimum atomic E-state index is -4.62. The van der Waals surface area contributed by atoms with Crippen molar-refractivity contribution in [2.75, 3.05) is 11.9 Å². The Hall–Kier alpha value is -2.30. The van der Waals surface area contributed by atoms with Gasteiger partial charge < -0.3 is 11.1 Å². The van der Waals surface area contributed by atoms with Crippen LogP contribution >= 0.6 is 11.6 Å². The van der Waals surface area contributed by atoms with Crippen molar-refractivity contribution in [2.45, 2.75) is 42.7 Å². The lowest BCUT2D eigenvalue weighted by Gasteiger charge is -2.30. The lowest BCUT2D eigenvalue weighted by atomic mass is 9.78. The fraction of sp³-hybridized carbons (Fsp3) is 0.381. The summed E-state index contributed by atoms with van der Waals surface area (Å²) >= 11 is 6.25. The number of para-hydroxylation sites is 1. The standard InChI is InChI=1S/C21H23ClF3N3O3S/c22-19-15(9-14(21(23,24)25)10-16(19)20(26)29)13-7-5-12(6-8-13)11-28-17-3-1-2-4-18(17)32(27,30)31/h1-4,9-10,12-13,28H,5-8,11H2,(H2,26,29)(H2,27,30,31). The van der Waals surface area contributed by atoms with E-state index in [1.54, 1.807) is 18.2 Å². The fourth-order valence-corrected chi connectivity index (χ4v) is 5.15. The molecule has 1 aliphatic rings. The van der Waals surface area contributed by atoms with Crippen molar-refractivity contribution in [2.24, 2.45) is 16.8 Å². The minimum Gasteiger partial charge on any atom is -0.384 e. The number of sulfonamides is 1. The van der Waals surface area contributed by atoms with E-state index in [-0.39, 0.29) is 32.9 Å². The molecule has 0 heterocycles. The summed E-state index contributed by atoms with van der Waals surface area (Å²) < 4.78 is 63.3. The molecular formula is C21H23ClF3N3O3S. The molecule has 6 nitrogen and oxygen atoms in total. The fourth-order valence-electron chi connectivity index (χ4n) is 4.08. The van der Waals surface area contributed by atoms with Crippen LogP contribution < -0.4 is 16.2 Å². The third-order valence-electron chi connectivity index (χ3n) is 5.75. The summed E-state index contributed by atoms with van der Waals surface area (Å²) in [5.41, 5.74) is 4.64. The summed E-state index contributed by atoms with van der Waals surface area (Å²) in [7, 11) is -3.87. The molecule has 1 amide bonds. The van der Waals surface area contributed by atoms with Crippen molar-refractivity contribution < 1.29 is 26.4 Å². The molecule has 174 valence electrons. The number of amides is 1. The van der Waals surface area contributed by atoms with E-state index >= 15 is 0 Å². The molecule has 0 saturated heterocycles. The maximum atomic E-state index is 13.3. The van der Waals surface area contributed by atoms with E-state index in [0.717, 1.165) is 6.07 Å². The number of carbonyl (C=O) groups is 1. The number of alkyl halides is 3. The summed E-state index contributed by atoms with van der Waals surface area (Å²) in [5.74, 6) is -1.07. The summed E-state index contributed by atoms with van der Waals surface area (Å²) in [6.45, 7) is 0.488.